The van der Waals surface area contributed by atoms with Crippen molar-refractivity contribution in [2.45, 2.75) is 68.6 Å². The molecule has 4 rings (SSSR count). The van der Waals surface area contributed by atoms with E-state index in [4.69, 9.17) is 4.74 Å². The number of likely N-dealkylation sites (tertiary alicyclic amines) is 1. The van der Waals surface area contributed by atoms with Crippen molar-refractivity contribution in [2.24, 2.45) is 5.92 Å². The number of nitrogens with zero attached hydrogens (tertiary/aromatic N) is 2. The fraction of sp³-hybridized carbons (Fsp3) is 0.654. The van der Waals surface area contributed by atoms with E-state index in [-0.39, 0.29) is 43.5 Å². The van der Waals surface area contributed by atoms with E-state index in [9.17, 15) is 36.0 Å². The van der Waals surface area contributed by atoms with Gasteiger partial charge in [0.05, 0.1) is 16.7 Å². The molecule has 1 aliphatic carbocycles. The number of piperidine rings is 1. The number of nitrogens with one attached hydrogen (secondary N) is 2. The first-order chi connectivity index (χ1) is 18.9. The van der Waals surface area contributed by atoms with Gasteiger partial charge in [0.25, 0.3) is 0 Å². The van der Waals surface area contributed by atoms with Crippen LogP contribution in [0, 0.1) is 5.92 Å². The van der Waals surface area contributed by atoms with Crippen molar-refractivity contribution >= 4 is 27.7 Å². The number of hydrogen-bond acceptors (Lipinski definition) is 6. The summed E-state index contributed by atoms with van der Waals surface area (Å²) in [6.07, 6.45) is -1.71. The van der Waals surface area contributed by atoms with E-state index in [1.54, 1.807) is 0 Å². The Morgan fingerprint density at radius 3 is 2.38 bits per heavy atom. The van der Waals surface area contributed by atoms with Crippen LogP contribution in [0.25, 0.3) is 0 Å². The number of benzene rings is 1. The van der Waals surface area contributed by atoms with E-state index in [2.05, 4.69) is 10.6 Å². The quantitative estimate of drug-likeness (QED) is 0.452. The van der Waals surface area contributed by atoms with E-state index in [1.807, 2.05) is 0 Å². The maximum absolute atomic E-state index is 13.4. The van der Waals surface area contributed by atoms with E-state index in [1.165, 1.54) is 28.4 Å². The lowest BCUT2D eigenvalue weighted by Crippen LogP contribution is -2.56. The Morgan fingerprint density at radius 1 is 1.05 bits per heavy atom. The predicted molar refractivity (Wildman–Crippen MR) is 138 cm³/mol. The number of sulfonamides is 1. The van der Waals surface area contributed by atoms with Gasteiger partial charge >= 0.3 is 6.18 Å². The number of halogens is 3. The van der Waals surface area contributed by atoms with Crippen LogP contribution in [0.1, 0.15) is 49.7 Å². The first kappa shape index (κ1) is 30.3. The van der Waals surface area contributed by atoms with E-state index < -0.39 is 39.0 Å². The number of methoxy groups -OCH3 is 1. The number of alkyl halides is 3. The van der Waals surface area contributed by atoms with Crippen molar-refractivity contribution in [1.29, 1.82) is 0 Å². The molecule has 2 atom stereocenters. The molecule has 3 fully saturated rings. The van der Waals surface area contributed by atoms with E-state index >= 15 is 0 Å². The maximum atomic E-state index is 13.4. The Hall–Kier alpha value is -2.71. The number of hydrogen-bond donors (Lipinski definition) is 2. The monoisotopic (exact) mass is 588 g/mol. The third-order valence-electron chi connectivity index (χ3n) is 7.84. The van der Waals surface area contributed by atoms with Gasteiger partial charge in [-0.3, -0.25) is 14.4 Å². The van der Waals surface area contributed by atoms with Gasteiger partial charge in [-0.15, -0.1) is 0 Å². The molecule has 1 saturated carbocycles. The molecule has 222 valence electrons. The predicted octanol–water partition coefficient (Wildman–Crippen LogP) is 1.65. The molecule has 2 heterocycles. The second-order valence-electron chi connectivity index (χ2n) is 10.6. The summed E-state index contributed by atoms with van der Waals surface area (Å²) in [7, 11) is -2.24. The van der Waals surface area contributed by atoms with E-state index in [0.29, 0.717) is 57.2 Å². The summed E-state index contributed by atoms with van der Waals surface area (Å²) in [4.78, 5) is 39.5. The molecule has 40 heavy (non-hydrogen) atoms. The molecule has 10 nitrogen and oxygen atoms in total. The third-order valence-corrected chi connectivity index (χ3v) is 10.1. The Kier molecular flexibility index (Phi) is 9.40. The minimum Gasteiger partial charge on any atom is -0.375 e. The number of rotatable bonds is 9. The summed E-state index contributed by atoms with van der Waals surface area (Å²) in [5.41, 5.74) is -0.272. The minimum atomic E-state index is -4.44. The Labute approximate surface area is 231 Å². The van der Waals surface area contributed by atoms with Crippen molar-refractivity contribution in [2.75, 3.05) is 33.4 Å². The molecule has 2 N–H and O–H groups in total. The molecule has 1 aromatic rings. The fourth-order valence-electron chi connectivity index (χ4n) is 5.57. The molecule has 14 heteroatoms. The van der Waals surface area contributed by atoms with Gasteiger partial charge in [0.2, 0.25) is 27.7 Å². The number of carbonyl (C=O) groups excluding carboxylic acids is 3. The summed E-state index contributed by atoms with van der Waals surface area (Å²) in [5.74, 6) is -1.51. The first-order valence-electron chi connectivity index (χ1n) is 13.4. The van der Waals surface area contributed by atoms with Crippen molar-refractivity contribution in [3.63, 3.8) is 0 Å². The second kappa shape index (κ2) is 12.4. The van der Waals surface area contributed by atoms with Crippen LogP contribution in [-0.2, 0) is 41.9 Å². The zero-order valence-electron chi connectivity index (χ0n) is 22.3. The molecule has 0 radical (unpaired) electrons. The highest BCUT2D eigenvalue weighted by atomic mass is 32.2. The van der Waals surface area contributed by atoms with Crippen LogP contribution in [0.3, 0.4) is 0 Å². The number of ether oxygens (including phenoxy) is 1. The molecule has 0 aromatic heterocycles. The Morgan fingerprint density at radius 2 is 1.73 bits per heavy atom. The largest absolute Gasteiger partial charge is 0.416 e. The summed E-state index contributed by atoms with van der Waals surface area (Å²) < 4.78 is 70.9. The van der Waals surface area contributed by atoms with Crippen LogP contribution in [0.4, 0.5) is 13.2 Å². The van der Waals surface area contributed by atoms with Crippen molar-refractivity contribution in [3.8, 4) is 0 Å². The van der Waals surface area contributed by atoms with Gasteiger partial charge < -0.3 is 20.3 Å². The highest BCUT2D eigenvalue weighted by molar-refractivity contribution is 7.89. The van der Waals surface area contributed by atoms with Crippen LogP contribution in [-0.4, -0.2) is 86.0 Å². The van der Waals surface area contributed by atoms with Gasteiger partial charge in [0.15, 0.2) is 0 Å². The summed E-state index contributed by atoms with van der Waals surface area (Å²) in [6.45, 7) is 0.689. The van der Waals surface area contributed by atoms with Gasteiger partial charge in [-0.25, -0.2) is 12.7 Å². The lowest BCUT2D eigenvalue weighted by atomic mass is 9.92. The van der Waals surface area contributed by atoms with Gasteiger partial charge in [-0.05, 0) is 56.2 Å². The molecular weight excluding hydrogens is 553 g/mol. The first-order valence-corrected chi connectivity index (χ1v) is 14.9. The van der Waals surface area contributed by atoms with Gasteiger partial charge in [-0.1, -0.05) is 12.1 Å². The normalized spacial score (nSPS) is 25.8. The third kappa shape index (κ3) is 6.95. The summed E-state index contributed by atoms with van der Waals surface area (Å²) in [5, 5.41) is 4.84. The van der Waals surface area contributed by atoms with Crippen LogP contribution in [0.15, 0.2) is 24.3 Å². The van der Waals surface area contributed by atoms with Gasteiger partial charge in [-0.2, -0.15) is 13.2 Å². The Balaban J connectivity index is 1.30. The maximum Gasteiger partial charge on any atom is 0.416 e. The van der Waals surface area contributed by atoms with Crippen LogP contribution in [0.2, 0.25) is 0 Å². The molecule has 3 amide bonds. The van der Waals surface area contributed by atoms with Gasteiger partial charge in [0.1, 0.15) is 12.6 Å². The minimum absolute atomic E-state index is 0.0270. The molecule has 2 saturated heterocycles. The lowest BCUT2D eigenvalue weighted by molar-refractivity contribution is -0.142. The highest BCUT2D eigenvalue weighted by Gasteiger charge is 2.45. The average Bonchev–Trinajstić information content (AvgIpc) is 3.39. The molecule has 0 spiro atoms. The lowest BCUT2D eigenvalue weighted by Gasteiger charge is -2.41. The second-order valence-corrected chi connectivity index (χ2v) is 12.8. The number of amides is 3. The summed E-state index contributed by atoms with van der Waals surface area (Å²) >= 11 is 0. The van der Waals surface area contributed by atoms with E-state index in [0.717, 1.165) is 12.1 Å². The van der Waals surface area contributed by atoms with Gasteiger partial charge in [0, 0.05) is 39.3 Å². The van der Waals surface area contributed by atoms with Crippen molar-refractivity contribution < 1.29 is 40.7 Å². The topological polar surface area (TPSA) is 125 Å². The summed E-state index contributed by atoms with van der Waals surface area (Å²) in [6, 6.07) is 3.58. The number of carbonyl (C=O) groups is 3. The molecule has 3 aliphatic rings. The molecular formula is C26H35F3N4O6S. The van der Waals surface area contributed by atoms with Crippen LogP contribution >= 0.6 is 0 Å². The van der Waals surface area contributed by atoms with Crippen LogP contribution in [0.5, 0.6) is 0 Å². The van der Waals surface area contributed by atoms with Crippen molar-refractivity contribution in [1.82, 2.24) is 19.8 Å². The van der Waals surface area contributed by atoms with Crippen molar-refractivity contribution in [3.05, 3.63) is 35.4 Å². The molecule has 2 aliphatic heterocycles. The molecule has 1 aromatic carbocycles. The molecule has 0 bridgehead atoms. The Bertz CT molecular complexity index is 1190. The zero-order valence-corrected chi connectivity index (χ0v) is 23.1. The average molecular weight is 589 g/mol. The fourth-order valence-corrected chi connectivity index (χ4v) is 7.71. The standard InChI is InChI=1S/C26H35F3N4O6S/c1-39-16-23(34)31-20-12-21(13-20)40(37,38)32-10-2-4-18(15-32)25(36)33-11-3-5-22(33)24(35)30-14-17-6-8-19(9-7-17)26(27,28)29/h6-9,18,20-22H,2-5,10-16H2,1H3,(H,30,35)(H,31,34)/t18-,20?,21?,22+/m0/s1. The van der Waals surface area contributed by atoms with Crippen LogP contribution < -0.4 is 10.6 Å². The molecule has 0 unspecified atom stereocenters. The zero-order chi connectivity index (χ0) is 29.1. The smallest absolute Gasteiger partial charge is 0.375 e. The highest BCUT2D eigenvalue weighted by Crippen LogP contribution is 2.33. The SMILES string of the molecule is COCC(=O)NC1CC(S(=O)(=O)N2CCC[C@H](C(=O)N3CCC[C@@H]3C(=O)NCc3ccc(C(F)(F)F)cc3)C2)C1.